The molecular formula is C12H22N2O2. The number of hydrogen-bond donors (Lipinski definition) is 2. The van der Waals surface area contributed by atoms with Gasteiger partial charge in [-0.25, -0.2) is 0 Å². The fourth-order valence-electron chi connectivity index (χ4n) is 1.37. The summed E-state index contributed by atoms with van der Waals surface area (Å²) in [7, 11) is 1.61. The van der Waals surface area contributed by atoms with Crippen molar-refractivity contribution >= 4 is 5.91 Å². The van der Waals surface area contributed by atoms with Crippen LogP contribution in [0.1, 0.15) is 26.7 Å². The van der Waals surface area contributed by atoms with Gasteiger partial charge in [-0.3, -0.25) is 10.1 Å². The minimum Gasteiger partial charge on any atom is -0.383 e. The van der Waals surface area contributed by atoms with E-state index < -0.39 is 0 Å². The number of hydrogen-bond acceptors (Lipinski definition) is 3. The molecule has 0 aromatic carbocycles. The van der Waals surface area contributed by atoms with Crippen molar-refractivity contribution in [1.82, 2.24) is 10.6 Å². The van der Waals surface area contributed by atoms with E-state index in [1.165, 1.54) is 0 Å². The van der Waals surface area contributed by atoms with E-state index in [1.54, 1.807) is 7.11 Å². The molecule has 2 N–H and O–H groups in total. The summed E-state index contributed by atoms with van der Waals surface area (Å²) in [5.41, 5.74) is 0. The standard InChI is InChI=1S/C12H22N2O2/c1-5-7-11(6-2)13-8-12(15)14-10(3)9-16-4/h2,10-11,13H,5,7-9H2,1,3-4H3,(H,14,15). The number of nitrogens with one attached hydrogen (secondary N) is 2. The van der Waals surface area contributed by atoms with Crippen molar-refractivity contribution in [3.63, 3.8) is 0 Å². The van der Waals surface area contributed by atoms with E-state index in [0.717, 1.165) is 12.8 Å². The molecule has 4 heteroatoms. The summed E-state index contributed by atoms with van der Waals surface area (Å²) in [6, 6.07) is 0.00300. The maximum absolute atomic E-state index is 11.5. The summed E-state index contributed by atoms with van der Waals surface area (Å²) in [5, 5.41) is 5.84. The van der Waals surface area contributed by atoms with E-state index in [0.29, 0.717) is 6.61 Å². The monoisotopic (exact) mass is 226 g/mol. The van der Waals surface area contributed by atoms with E-state index in [4.69, 9.17) is 11.2 Å². The Labute approximate surface area is 98.1 Å². The molecule has 1 amide bonds. The first-order valence-corrected chi connectivity index (χ1v) is 5.61. The predicted octanol–water partition coefficient (Wildman–Crippen LogP) is 0.529. The molecule has 0 aromatic rings. The number of rotatable bonds is 8. The average Bonchev–Trinajstić information content (AvgIpc) is 2.24. The first-order valence-electron chi connectivity index (χ1n) is 5.61. The molecule has 0 aliphatic rings. The van der Waals surface area contributed by atoms with Gasteiger partial charge < -0.3 is 10.1 Å². The third-order valence-corrected chi connectivity index (χ3v) is 2.11. The lowest BCUT2D eigenvalue weighted by Gasteiger charge is -2.15. The summed E-state index contributed by atoms with van der Waals surface area (Å²) < 4.78 is 4.92. The molecule has 0 saturated carbocycles. The van der Waals surface area contributed by atoms with Crippen LogP contribution in [-0.4, -0.2) is 38.3 Å². The van der Waals surface area contributed by atoms with Crippen LogP contribution in [0.3, 0.4) is 0 Å². The molecule has 92 valence electrons. The molecule has 0 radical (unpaired) electrons. The zero-order valence-corrected chi connectivity index (χ0v) is 10.4. The van der Waals surface area contributed by atoms with Gasteiger partial charge in [0, 0.05) is 13.2 Å². The first kappa shape index (κ1) is 14.9. The number of methoxy groups -OCH3 is 1. The number of amides is 1. The molecule has 0 aliphatic heterocycles. The van der Waals surface area contributed by atoms with Gasteiger partial charge in [0.15, 0.2) is 0 Å². The average molecular weight is 226 g/mol. The van der Waals surface area contributed by atoms with Crippen LogP contribution in [0.5, 0.6) is 0 Å². The molecule has 0 spiro atoms. The Kier molecular flexibility index (Phi) is 8.59. The van der Waals surface area contributed by atoms with Gasteiger partial charge >= 0.3 is 0 Å². The molecule has 0 rings (SSSR count). The Morgan fingerprint density at radius 1 is 1.56 bits per heavy atom. The van der Waals surface area contributed by atoms with Crippen molar-refractivity contribution < 1.29 is 9.53 Å². The zero-order valence-electron chi connectivity index (χ0n) is 10.4. The lowest BCUT2D eigenvalue weighted by atomic mass is 10.2. The Bertz CT molecular complexity index is 236. The van der Waals surface area contributed by atoms with Gasteiger partial charge in [0.1, 0.15) is 0 Å². The topological polar surface area (TPSA) is 50.4 Å². The van der Waals surface area contributed by atoms with Crippen LogP contribution in [0.2, 0.25) is 0 Å². The minimum absolute atomic E-state index is 0.0199. The summed E-state index contributed by atoms with van der Waals surface area (Å²) in [5.74, 6) is 2.57. The van der Waals surface area contributed by atoms with Crippen LogP contribution in [0.25, 0.3) is 0 Å². The lowest BCUT2D eigenvalue weighted by Crippen LogP contribution is -2.43. The fourth-order valence-corrected chi connectivity index (χ4v) is 1.37. The first-order chi connectivity index (χ1) is 7.63. The molecule has 0 heterocycles. The molecule has 16 heavy (non-hydrogen) atoms. The highest BCUT2D eigenvalue weighted by molar-refractivity contribution is 5.78. The van der Waals surface area contributed by atoms with Gasteiger partial charge in [0.05, 0.1) is 19.2 Å². The fraction of sp³-hybridized carbons (Fsp3) is 0.750. The Morgan fingerprint density at radius 2 is 2.25 bits per heavy atom. The van der Waals surface area contributed by atoms with Crippen LogP contribution in [-0.2, 0) is 9.53 Å². The van der Waals surface area contributed by atoms with Gasteiger partial charge in [-0.15, -0.1) is 6.42 Å². The molecular weight excluding hydrogens is 204 g/mol. The second-order valence-corrected chi connectivity index (χ2v) is 3.81. The summed E-state index contributed by atoms with van der Waals surface area (Å²) in [4.78, 5) is 11.5. The molecule has 2 unspecified atom stereocenters. The molecule has 0 saturated heterocycles. The minimum atomic E-state index is -0.0547. The lowest BCUT2D eigenvalue weighted by molar-refractivity contribution is -0.121. The van der Waals surface area contributed by atoms with Gasteiger partial charge in [0.2, 0.25) is 5.91 Å². The van der Waals surface area contributed by atoms with Gasteiger partial charge in [0.25, 0.3) is 0 Å². The molecule has 0 fully saturated rings. The van der Waals surface area contributed by atoms with Crippen molar-refractivity contribution in [3.8, 4) is 12.3 Å². The number of carbonyl (C=O) groups is 1. The third kappa shape index (κ3) is 7.27. The van der Waals surface area contributed by atoms with Crippen molar-refractivity contribution in [1.29, 1.82) is 0 Å². The summed E-state index contributed by atoms with van der Waals surface area (Å²) >= 11 is 0. The molecule has 0 aromatic heterocycles. The van der Waals surface area contributed by atoms with Crippen LogP contribution in [0.4, 0.5) is 0 Å². The zero-order chi connectivity index (χ0) is 12.4. The largest absolute Gasteiger partial charge is 0.383 e. The number of terminal acetylenes is 1. The predicted molar refractivity (Wildman–Crippen MR) is 65.0 cm³/mol. The van der Waals surface area contributed by atoms with E-state index >= 15 is 0 Å². The van der Waals surface area contributed by atoms with Crippen LogP contribution in [0.15, 0.2) is 0 Å². The van der Waals surface area contributed by atoms with Crippen LogP contribution in [0, 0.1) is 12.3 Å². The summed E-state index contributed by atoms with van der Waals surface area (Å²) in [6.07, 6.45) is 7.22. The quantitative estimate of drug-likeness (QED) is 0.594. The van der Waals surface area contributed by atoms with Crippen molar-refractivity contribution in [2.75, 3.05) is 20.3 Å². The maximum Gasteiger partial charge on any atom is 0.234 e. The Balaban J connectivity index is 3.75. The highest BCUT2D eigenvalue weighted by Gasteiger charge is 2.09. The van der Waals surface area contributed by atoms with Gasteiger partial charge in [-0.05, 0) is 13.3 Å². The summed E-state index contributed by atoms with van der Waals surface area (Å²) in [6.45, 7) is 4.72. The number of ether oxygens (including phenoxy) is 1. The van der Waals surface area contributed by atoms with Gasteiger partial charge in [-0.1, -0.05) is 19.3 Å². The highest BCUT2D eigenvalue weighted by Crippen LogP contribution is 1.93. The SMILES string of the molecule is C#CC(CCC)NCC(=O)NC(C)COC. The second kappa shape index (κ2) is 9.20. The van der Waals surface area contributed by atoms with Crippen molar-refractivity contribution in [2.45, 2.75) is 38.8 Å². The third-order valence-electron chi connectivity index (χ3n) is 2.11. The molecule has 4 nitrogen and oxygen atoms in total. The molecule has 0 bridgehead atoms. The van der Waals surface area contributed by atoms with Crippen molar-refractivity contribution in [2.24, 2.45) is 0 Å². The Morgan fingerprint density at radius 3 is 2.75 bits per heavy atom. The second-order valence-electron chi connectivity index (χ2n) is 3.81. The molecule has 0 aliphatic carbocycles. The van der Waals surface area contributed by atoms with Crippen LogP contribution < -0.4 is 10.6 Å². The van der Waals surface area contributed by atoms with Crippen molar-refractivity contribution in [3.05, 3.63) is 0 Å². The normalized spacial score (nSPS) is 13.9. The van der Waals surface area contributed by atoms with Gasteiger partial charge in [-0.2, -0.15) is 0 Å². The van der Waals surface area contributed by atoms with Crippen LogP contribution >= 0.6 is 0 Å². The maximum atomic E-state index is 11.5. The van der Waals surface area contributed by atoms with E-state index in [2.05, 4.69) is 23.5 Å². The number of carbonyl (C=O) groups excluding carboxylic acids is 1. The molecule has 2 atom stereocenters. The van der Waals surface area contributed by atoms with E-state index in [1.807, 2.05) is 6.92 Å². The van der Waals surface area contributed by atoms with E-state index in [-0.39, 0.29) is 24.5 Å². The highest BCUT2D eigenvalue weighted by atomic mass is 16.5. The van der Waals surface area contributed by atoms with E-state index in [9.17, 15) is 4.79 Å². The Hall–Kier alpha value is -1.05. The smallest absolute Gasteiger partial charge is 0.234 e.